The van der Waals surface area contributed by atoms with Gasteiger partial charge in [0.05, 0.1) is 11.6 Å². The van der Waals surface area contributed by atoms with Crippen LogP contribution in [0.1, 0.15) is 31.4 Å². The third-order valence-electron chi connectivity index (χ3n) is 2.98. The van der Waals surface area contributed by atoms with Crippen LogP contribution in [0.15, 0.2) is 22.7 Å². The first-order valence-electron chi connectivity index (χ1n) is 6.11. The Balaban J connectivity index is 2.65. The summed E-state index contributed by atoms with van der Waals surface area (Å²) in [6.45, 7) is 5.21. The summed E-state index contributed by atoms with van der Waals surface area (Å²) in [6, 6.07) is 8.01. The van der Waals surface area contributed by atoms with E-state index < -0.39 is 0 Å². The molecule has 0 amide bonds. The lowest BCUT2D eigenvalue weighted by atomic mass is 10.0. The van der Waals surface area contributed by atoms with Crippen LogP contribution >= 0.6 is 15.9 Å². The second-order valence-electron chi connectivity index (χ2n) is 4.66. The van der Waals surface area contributed by atoms with Crippen LogP contribution in [0.4, 0.5) is 0 Å². The average molecular weight is 311 g/mol. The van der Waals surface area contributed by atoms with Gasteiger partial charge in [0, 0.05) is 23.7 Å². The van der Waals surface area contributed by atoms with E-state index in [1.165, 1.54) is 0 Å². The number of aliphatic hydroxyl groups excluding tert-OH is 1. The van der Waals surface area contributed by atoms with Crippen molar-refractivity contribution in [2.24, 2.45) is 5.92 Å². The Bertz CT molecular complexity index is 426. The number of aliphatic hydroxyl groups is 1. The molecular weight excluding hydrogens is 292 g/mol. The van der Waals surface area contributed by atoms with Gasteiger partial charge in [0.25, 0.3) is 0 Å². The average Bonchev–Trinajstić information content (AvgIpc) is 2.35. The number of hydrogen-bond acceptors (Lipinski definition) is 3. The highest BCUT2D eigenvalue weighted by atomic mass is 79.9. The van der Waals surface area contributed by atoms with Crippen LogP contribution in [0.2, 0.25) is 0 Å². The number of nitrogens with one attached hydrogen (secondary N) is 1. The maximum absolute atomic E-state index is 9.02. The minimum absolute atomic E-state index is 0.199. The summed E-state index contributed by atoms with van der Waals surface area (Å²) in [5, 5.41) is 21.3. The zero-order chi connectivity index (χ0) is 13.5. The Morgan fingerprint density at radius 2 is 2.17 bits per heavy atom. The smallest absolute Gasteiger partial charge is 0.0992 e. The molecule has 1 unspecified atom stereocenters. The number of benzene rings is 1. The lowest BCUT2D eigenvalue weighted by Gasteiger charge is -2.22. The van der Waals surface area contributed by atoms with Gasteiger partial charge in [-0.05, 0) is 30.0 Å². The molecule has 1 atom stereocenters. The Labute approximate surface area is 117 Å². The number of nitriles is 1. The SMILES string of the molecule is CC(C)C(CCO)NCc1ccc(C#N)cc1Br. The lowest BCUT2D eigenvalue weighted by Crippen LogP contribution is -2.34. The van der Waals surface area contributed by atoms with Crippen LogP contribution < -0.4 is 5.32 Å². The monoisotopic (exact) mass is 310 g/mol. The number of halogens is 1. The Morgan fingerprint density at radius 3 is 2.67 bits per heavy atom. The third kappa shape index (κ3) is 4.41. The van der Waals surface area contributed by atoms with Gasteiger partial charge in [-0.15, -0.1) is 0 Å². The topological polar surface area (TPSA) is 56.0 Å². The van der Waals surface area contributed by atoms with Gasteiger partial charge >= 0.3 is 0 Å². The fraction of sp³-hybridized carbons (Fsp3) is 0.500. The van der Waals surface area contributed by atoms with E-state index in [1.807, 2.05) is 18.2 Å². The van der Waals surface area contributed by atoms with Crippen LogP contribution in [-0.2, 0) is 6.54 Å². The Hall–Kier alpha value is -0.890. The first kappa shape index (κ1) is 15.2. The van der Waals surface area contributed by atoms with E-state index in [9.17, 15) is 0 Å². The van der Waals surface area contributed by atoms with Gasteiger partial charge in [-0.1, -0.05) is 35.8 Å². The zero-order valence-corrected chi connectivity index (χ0v) is 12.4. The van der Waals surface area contributed by atoms with E-state index >= 15 is 0 Å². The third-order valence-corrected chi connectivity index (χ3v) is 3.72. The quantitative estimate of drug-likeness (QED) is 0.849. The van der Waals surface area contributed by atoms with E-state index in [0.717, 1.165) is 23.0 Å². The van der Waals surface area contributed by atoms with Crippen molar-refractivity contribution in [2.75, 3.05) is 6.61 Å². The molecule has 4 heteroatoms. The van der Waals surface area contributed by atoms with Gasteiger partial charge in [-0.25, -0.2) is 0 Å². The normalized spacial score (nSPS) is 12.4. The fourth-order valence-corrected chi connectivity index (χ4v) is 2.33. The van der Waals surface area contributed by atoms with Crippen molar-refractivity contribution in [1.29, 1.82) is 5.26 Å². The summed E-state index contributed by atoms with van der Waals surface area (Å²) in [5.41, 5.74) is 1.78. The summed E-state index contributed by atoms with van der Waals surface area (Å²) in [6.07, 6.45) is 0.756. The predicted octanol–water partition coefficient (Wildman–Crippen LogP) is 2.82. The molecule has 0 aliphatic carbocycles. The Kier molecular flexibility index (Phi) is 6.34. The predicted molar refractivity (Wildman–Crippen MR) is 76.0 cm³/mol. The van der Waals surface area contributed by atoms with Gasteiger partial charge < -0.3 is 10.4 Å². The van der Waals surface area contributed by atoms with Crippen LogP contribution in [-0.4, -0.2) is 17.8 Å². The zero-order valence-electron chi connectivity index (χ0n) is 10.8. The maximum Gasteiger partial charge on any atom is 0.0992 e. The van der Waals surface area contributed by atoms with Gasteiger partial charge in [-0.2, -0.15) is 5.26 Å². The summed E-state index contributed by atoms with van der Waals surface area (Å²) in [5.74, 6) is 0.481. The minimum atomic E-state index is 0.199. The second kappa shape index (κ2) is 7.52. The summed E-state index contributed by atoms with van der Waals surface area (Å²) >= 11 is 3.47. The lowest BCUT2D eigenvalue weighted by molar-refractivity contribution is 0.244. The molecule has 1 aromatic carbocycles. The van der Waals surface area contributed by atoms with Gasteiger partial charge in [-0.3, -0.25) is 0 Å². The molecule has 1 aromatic rings. The molecule has 3 nitrogen and oxygen atoms in total. The highest BCUT2D eigenvalue weighted by Crippen LogP contribution is 2.19. The molecule has 0 saturated heterocycles. The summed E-state index contributed by atoms with van der Waals surface area (Å²) < 4.78 is 0.945. The van der Waals surface area contributed by atoms with Crippen molar-refractivity contribution in [3.63, 3.8) is 0 Å². The largest absolute Gasteiger partial charge is 0.396 e. The van der Waals surface area contributed by atoms with Crippen LogP contribution in [0.3, 0.4) is 0 Å². The van der Waals surface area contributed by atoms with Crippen molar-refractivity contribution in [2.45, 2.75) is 32.9 Å². The molecule has 0 aliphatic heterocycles. The van der Waals surface area contributed by atoms with Crippen LogP contribution in [0, 0.1) is 17.2 Å². The standard InChI is InChI=1S/C14H19BrN2O/c1-10(2)14(5-6-18)17-9-12-4-3-11(8-16)7-13(12)15/h3-4,7,10,14,17-18H,5-6,9H2,1-2H3. The summed E-state index contributed by atoms with van der Waals surface area (Å²) in [4.78, 5) is 0. The van der Waals surface area contributed by atoms with Crippen molar-refractivity contribution in [3.05, 3.63) is 33.8 Å². The number of hydrogen-bond donors (Lipinski definition) is 2. The van der Waals surface area contributed by atoms with E-state index in [-0.39, 0.29) is 6.61 Å². The molecule has 0 heterocycles. The molecule has 0 saturated carbocycles. The molecule has 0 aromatic heterocycles. The number of rotatable bonds is 6. The molecule has 98 valence electrons. The van der Waals surface area contributed by atoms with Crippen LogP contribution in [0.25, 0.3) is 0 Å². The molecule has 1 rings (SSSR count). The van der Waals surface area contributed by atoms with Gasteiger partial charge in [0.2, 0.25) is 0 Å². The van der Waals surface area contributed by atoms with Gasteiger partial charge in [0.1, 0.15) is 0 Å². The fourth-order valence-electron chi connectivity index (χ4n) is 1.81. The molecular formula is C14H19BrN2O. The van der Waals surface area contributed by atoms with E-state index in [1.54, 1.807) is 0 Å². The highest BCUT2D eigenvalue weighted by molar-refractivity contribution is 9.10. The molecule has 0 bridgehead atoms. The molecule has 2 N–H and O–H groups in total. The molecule has 0 spiro atoms. The van der Waals surface area contributed by atoms with E-state index in [2.05, 4.69) is 41.2 Å². The molecule has 18 heavy (non-hydrogen) atoms. The second-order valence-corrected chi connectivity index (χ2v) is 5.52. The Morgan fingerprint density at radius 1 is 1.44 bits per heavy atom. The first-order chi connectivity index (χ1) is 8.58. The van der Waals surface area contributed by atoms with Crippen molar-refractivity contribution >= 4 is 15.9 Å². The maximum atomic E-state index is 9.02. The van der Waals surface area contributed by atoms with Crippen molar-refractivity contribution < 1.29 is 5.11 Å². The van der Waals surface area contributed by atoms with Crippen molar-refractivity contribution in [1.82, 2.24) is 5.32 Å². The van der Waals surface area contributed by atoms with Crippen molar-refractivity contribution in [3.8, 4) is 6.07 Å². The van der Waals surface area contributed by atoms with E-state index in [4.69, 9.17) is 10.4 Å². The van der Waals surface area contributed by atoms with Crippen LogP contribution in [0.5, 0.6) is 0 Å². The highest BCUT2D eigenvalue weighted by Gasteiger charge is 2.12. The molecule has 0 fully saturated rings. The van der Waals surface area contributed by atoms with E-state index in [0.29, 0.717) is 17.5 Å². The summed E-state index contributed by atoms with van der Waals surface area (Å²) in [7, 11) is 0. The van der Waals surface area contributed by atoms with Gasteiger partial charge in [0.15, 0.2) is 0 Å². The number of nitrogens with zero attached hydrogens (tertiary/aromatic N) is 1. The minimum Gasteiger partial charge on any atom is -0.396 e. The molecule has 0 aliphatic rings. The molecule has 0 radical (unpaired) electrons. The first-order valence-corrected chi connectivity index (χ1v) is 6.90.